The van der Waals surface area contributed by atoms with E-state index in [2.05, 4.69) is 133 Å². The van der Waals surface area contributed by atoms with Crippen molar-refractivity contribution in [2.24, 2.45) is 0 Å². The molecule has 8 aromatic carbocycles. The molecule has 0 bridgehead atoms. The van der Waals surface area contributed by atoms with E-state index in [0.29, 0.717) is 0 Å². The van der Waals surface area contributed by atoms with E-state index in [1.54, 1.807) is 11.3 Å². The van der Waals surface area contributed by atoms with Crippen molar-refractivity contribution >= 4 is 109 Å². The van der Waals surface area contributed by atoms with Crippen LogP contribution in [-0.2, 0) is 0 Å². The molecule has 12 rings (SSSR count). The first-order chi connectivity index (χ1) is 24.8. The van der Waals surface area contributed by atoms with Gasteiger partial charge < -0.3 is 13.3 Å². The molecule has 0 amide bonds. The van der Waals surface area contributed by atoms with Gasteiger partial charge >= 0.3 is 0 Å². The van der Waals surface area contributed by atoms with Crippen LogP contribution in [0, 0.1) is 0 Å². The maximum absolute atomic E-state index is 6.79. The molecule has 0 saturated carbocycles. The zero-order valence-corrected chi connectivity index (χ0v) is 27.3. The standard InChI is InChI=1S/C46H24O3S/c1-3-11-30-28(9-1)42(26-16-18-38-35(22-26)36-24-41-25(20-21-50-41)23-40(36)47-38)29-10-2-4-12-31(29)43(30)33-13-7-14-34-44-39(49-45(33)34)19-17-32-27-8-5-6-15-37(27)48-46(32)44/h1-24H. The Morgan fingerprint density at radius 2 is 1.04 bits per heavy atom. The van der Waals surface area contributed by atoms with Crippen LogP contribution in [0.5, 0.6) is 0 Å². The molecule has 0 radical (unpaired) electrons. The largest absolute Gasteiger partial charge is 0.456 e. The van der Waals surface area contributed by atoms with Crippen molar-refractivity contribution in [1.29, 1.82) is 0 Å². The molecule has 0 N–H and O–H groups in total. The highest BCUT2D eigenvalue weighted by Gasteiger charge is 2.22. The first-order valence-corrected chi connectivity index (χ1v) is 17.7. The van der Waals surface area contributed by atoms with E-state index in [1.165, 1.54) is 48.3 Å². The molecule has 3 nitrogen and oxygen atoms in total. The lowest BCUT2D eigenvalue weighted by molar-refractivity contribution is 0.663. The SMILES string of the molecule is c1ccc2c(c1)oc1c2ccc2oc3c(-c4c5ccccc5c(-c5ccc6oc7cc8ccsc8cc7c6c5)c5ccccc45)cccc3c21. The molecule has 0 aliphatic heterocycles. The summed E-state index contributed by atoms with van der Waals surface area (Å²) in [5.74, 6) is 0. The molecule has 50 heavy (non-hydrogen) atoms. The molecule has 0 spiro atoms. The average molecular weight is 657 g/mol. The average Bonchev–Trinajstić information content (AvgIpc) is 3.94. The first-order valence-electron chi connectivity index (χ1n) is 16.8. The molecular formula is C46H24O3S. The Kier molecular flexibility index (Phi) is 5.12. The van der Waals surface area contributed by atoms with E-state index in [4.69, 9.17) is 13.3 Å². The second kappa shape index (κ2) is 9.63. The number of thiophene rings is 1. The van der Waals surface area contributed by atoms with Gasteiger partial charge in [-0.15, -0.1) is 11.3 Å². The van der Waals surface area contributed by atoms with Gasteiger partial charge in [-0.05, 0) is 92.0 Å². The molecule has 0 fully saturated rings. The van der Waals surface area contributed by atoms with Gasteiger partial charge in [-0.2, -0.15) is 0 Å². The zero-order chi connectivity index (χ0) is 32.5. The third kappa shape index (κ3) is 3.48. The third-order valence-corrected chi connectivity index (χ3v) is 11.4. The molecule has 0 aliphatic carbocycles. The van der Waals surface area contributed by atoms with Crippen LogP contribution in [0.15, 0.2) is 158 Å². The lowest BCUT2D eigenvalue weighted by Gasteiger charge is -2.18. The van der Waals surface area contributed by atoms with Gasteiger partial charge in [-0.3, -0.25) is 0 Å². The minimum Gasteiger partial charge on any atom is -0.456 e. The predicted octanol–water partition coefficient (Wildman–Crippen LogP) is 14.2. The Balaban J connectivity index is 1.16. The van der Waals surface area contributed by atoms with Crippen molar-refractivity contribution in [3.8, 4) is 22.3 Å². The van der Waals surface area contributed by atoms with Crippen LogP contribution in [0.25, 0.3) is 120 Å². The Morgan fingerprint density at radius 3 is 1.86 bits per heavy atom. The summed E-state index contributed by atoms with van der Waals surface area (Å²) in [7, 11) is 0. The zero-order valence-electron chi connectivity index (χ0n) is 26.5. The van der Waals surface area contributed by atoms with Crippen molar-refractivity contribution in [2.45, 2.75) is 0 Å². The van der Waals surface area contributed by atoms with Crippen LogP contribution in [-0.4, -0.2) is 0 Å². The number of para-hydroxylation sites is 2. The molecule has 0 saturated heterocycles. The lowest BCUT2D eigenvalue weighted by atomic mass is 9.85. The number of hydrogen-bond acceptors (Lipinski definition) is 4. The van der Waals surface area contributed by atoms with Gasteiger partial charge in [0.1, 0.15) is 33.5 Å². The van der Waals surface area contributed by atoms with Gasteiger partial charge in [0.05, 0.1) is 5.39 Å². The second-order valence-corrected chi connectivity index (χ2v) is 14.1. The van der Waals surface area contributed by atoms with Crippen LogP contribution in [0.4, 0.5) is 0 Å². The smallest absolute Gasteiger partial charge is 0.147 e. The van der Waals surface area contributed by atoms with Crippen molar-refractivity contribution in [1.82, 2.24) is 0 Å². The van der Waals surface area contributed by atoms with Gasteiger partial charge in [-0.25, -0.2) is 0 Å². The molecule has 4 heterocycles. The van der Waals surface area contributed by atoms with Crippen LogP contribution in [0.1, 0.15) is 0 Å². The Bertz CT molecular complexity index is 3330. The molecule has 0 atom stereocenters. The second-order valence-electron chi connectivity index (χ2n) is 13.2. The summed E-state index contributed by atoms with van der Waals surface area (Å²) in [4.78, 5) is 0. The van der Waals surface area contributed by atoms with Gasteiger partial charge in [-0.1, -0.05) is 91.0 Å². The van der Waals surface area contributed by atoms with E-state index in [9.17, 15) is 0 Å². The Labute approximate surface area is 288 Å². The molecule has 12 aromatic rings. The number of benzene rings is 8. The van der Waals surface area contributed by atoms with Crippen molar-refractivity contribution < 1.29 is 13.3 Å². The fraction of sp³-hybridized carbons (Fsp3) is 0. The predicted molar refractivity (Wildman–Crippen MR) is 210 cm³/mol. The highest BCUT2D eigenvalue weighted by molar-refractivity contribution is 7.17. The summed E-state index contributed by atoms with van der Waals surface area (Å²) >= 11 is 1.77. The number of rotatable bonds is 2. The minimum absolute atomic E-state index is 0.824. The van der Waals surface area contributed by atoms with E-state index >= 15 is 0 Å². The quantitative estimate of drug-likeness (QED) is 0.174. The van der Waals surface area contributed by atoms with Gasteiger partial charge in [0.2, 0.25) is 0 Å². The third-order valence-electron chi connectivity index (χ3n) is 10.5. The Hall–Kier alpha value is -6.36. The topological polar surface area (TPSA) is 39.4 Å². The van der Waals surface area contributed by atoms with Crippen molar-refractivity contribution in [3.05, 3.63) is 145 Å². The van der Waals surface area contributed by atoms with E-state index in [1.807, 2.05) is 12.1 Å². The van der Waals surface area contributed by atoms with E-state index in [0.717, 1.165) is 71.4 Å². The summed E-state index contributed by atoms with van der Waals surface area (Å²) in [5, 5.41) is 14.7. The first kappa shape index (κ1) is 26.6. The van der Waals surface area contributed by atoms with Gasteiger partial charge in [0, 0.05) is 42.8 Å². The van der Waals surface area contributed by atoms with Crippen LogP contribution >= 0.6 is 11.3 Å². The highest BCUT2D eigenvalue weighted by Crippen LogP contribution is 2.48. The maximum Gasteiger partial charge on any atom is 0.147 e. The van der Waals surface area contributed by atoms with E-state index < -0.39 is 0 Å². The summed E-state index contributed by atoms with van der Waals surface area (Å²) < 4.78 is 20.9. The van der Waals surface area contributed by atoms with Gasteiger partial charge in [0.25, 0.3) is 0 Å². The van der Waals surface area contributed by atoms with Crippen molar-refractivity contribution in [2.75, 3.05) is 0 Å². The number of furan rings is 3. The summed E-state index contributed by atoms with van der Waals surface area (Å²) in [6, 6.07) is 49.8. The lowest BCUT2D eigenvalue weighted by Crippen LogP contribution is -1.91. The molecule has 232 valence electrons. The normalized spacial score (nSPS) is 12.4. The van der Waals surface area contributed by atoms with Gasteiger partial charge in [0.15, 0.2) is 0 Å². The monoisotopic (exact) mass is 656 g/mol. The molecule has 4 aromatic heterocycles. The van der Waals surface area contributed by atoms with E-state index in [-0.39, 0.29) is 0 Å². The minimum atomic E-state index is 0.824. The van der Waals surface area contributed by atoms with Crippen LogP contribution in [0.2, 0.25) is 0 Å². The summed E-state index contributed by atoms with van der Waals surface area (Å²) in [6.45, 7) is 0. The van der Waals surface area contributed by atoms with Crippen molar-refractivity contribution in [3.63, 3.8) is 0 Å². The summed E-state index contributed by atoms with van der Waals surface area (Å²) in [5.41, 5.74) is 9.89. The fourth-order valence-electron chi connectivity index (χ4n) is 8.38. The van der Waals surface area contributed by atoms with Crippen LogP contribution in [0.3, 0.4) is 0 Å². The highest BCUT2D eigenvalue weighted by atomic mass is 32.1. The molecule has 0 unspecified atom stereocenters. The molecule has 4 heteroatoms. The Morgan fingerprint density at radius 1 is 0.380 bits per heavy atom. The molecule has 0 aliphatic rings. The molecular weight excluding hydrogens is 633 g/mol. The number of fused-ring (bicyclic) bond motifs is 13. The number of hydrogen-bond donors (Lipinski definition) is 0. The van der Waals surface area contributed by atoms with Crippen LogP contribution < -0.4 is 0 Å². The fourth-order valence-corrected chi connectivity index (χ4v) is 9.19. The summed E-state index contributed by atoms with van der Waals surface area (Å²) in [6.07, 6.45) is 0. The maximum atomic E-state index is 6.79.